The van der Waals surface area contributed by atoms with Crippen LogP contribution in [0, 0.1) is 0 Å². The Morgan fingerprint density at radius 1 is 1.67 bits per heavy atom. The van der Waals surface area contributed by atoms with Gasteiger partial charge >= 0.3 is 0 Å². The summed E-state index contributed by atoms with van der Waals surface area (Å²) in [6.07, 6.45) is -0.370. The van der Waals surface area contributed by atoms with Crippen LogP contribution in [0.1, 0.15) is 15.3 Å². The van der Waals surface area contributed by atoms with Crippen molar-refractivity contribution in [3.8, 4) is 0 Å². The Labute approximate surface area is 39.5 Å². The van der Waals surface area contributed by atoms with Gasteiger partial charge in [0.15, 0.2) is 0 Å². The molecule has 0 rings (SSSR count). The van der Waals surface area contributed by atoms with Gasteiger partial charge in [0.05, 0.1) is 6.10 Å². The smallest absolute Gasteiger partial charge is 0.0660 e. The third-order valence-corrected chi connectivity index (χ3v) is 0.761. The highest BCUT2D eigenvalue weighted by Crippen LogP contribution is 1.81. The van der Waals surface area contributed by atoms with Gasteiger partial charge in [-0.05, 0) is 13.8 Å². The molecule has 0 bridgehead atoms. The Kier molecular flexibility index (Phi) is 2.13. The van der Waals surface area contributed by atoms with E-state index >= 15 is 0 Å². The van der Waals surface area contributed by atoms with Gasteiger partial charge < -0.3 is 10.8 Å². The maximum atomic E-state index is 8.50. The lowest BCUT2D eigenvalue weighted by atomic mass is 10.2. The van der Waals surface area contributed by atoms with Crippen molar-refractivity contribution < 1.29 is 6.53 Å². The zero-order valence-corrected chi connectivity index (χ0v) is 4.18. The molecule has 0 aliphatic carbocycles. The second-order valence-electron chi connectivity index (χ2n) is 1.60. The Balaban J connectivity index is 0. The van der Waals surface area contributed by atoms with Gasteiger partial charge in [0.1, 0.15) is 0 Å². The molecule has 0 aliphatic heterocycles. The van der Waals surface area contributed by atoms with Gasteiger partial charge in [-0.25, -0.2) is 0 Å². The lowest BCUT2D eigenvalue weighted by Crippen LogP contribution is -2.28. The molecule has 0 aliphatic rings. The molecule has 1 unspecified atom stereocenters. The van der Waals surface area contributed by atoms with E-state index in [2.05, 4.69) is 0 Å². The molecule has 3 N–H and O–H groups in total. The minimum Gasteiger partial charge on any atom is -0.392 e. The van der Waals surface area contributed by atoms with Crippen molar-refractivity contribution in [1.82, 2.24) is 0 Å². The van der Waals surface area contributed by atoms with E-state index < -0.39 is 0 Å². The quantitative estimate of drug-likeness (QED) is 0.469. The van der Waals surface area contributed by atoms with Gasteiger partial charge in [-0.2, -0.15) is 0 Å². The normalized spacial score (nSPS) is 20.0. The van der Waals surface area contributed by atoms with Crippen LogP contribution in [0.25, 0.3) is 0 Å². The SMILES string of the molecule is CC(N)[C@H](C)O.[H]. The van der Waals surface area contributed by atoms with Crippen molar-refractivity contribution in [1.29, 1.82) is 0 Å². The molecule has 0 aromatic heterocycles. The monoisotopic (exact) mass is 90.1 g/mol. The summed E-state index contributed by atoms with van der Waals surface area (Å²) in [6, 6.07) is -0.0926. The average molecular weight is 90.1 g/mol. The van der Waals surface area contributed by atoms with Crippen LogP contribution in [0.2, 0.25) is 0 Å². The van der Waals surface area contributed by atoms with Crippen molar-refractivity contribution in [2.24, 2.45) is 5.73 Å². The van der Waals surface area contributed by atoms with Crippen LogP contribution in [0.4, 0.5) is 0 Å². The van der Waals surface area contributed by atoms with Crippen LogP contribution in [0.3, 0.4) is 0 Å². The predicted octanol–water partition coefficient (Wildman–Crippen LogP) is -0.173. The summed E-state index contributed by atoms with van der Waals surface area (Å²) >= 11 is 0. The fraction of sp³-hybridized carbons (Fsp3) is 1.00. The first-order chi connectivity index (χ1) is 2.64. The van der Waals surface area contributed by atoms with Crippen molar-refractivity contribution in [3.05, 3.63) is 0 Å². The topological polar surface area (TPSA) is 46.2 Å². The Bertz CT molecular complexity index is 32.7. The molecule has 0 amide bonds. The maximum absolute atomic E-state index is 8.50. The molecule has 2 atom stereocenters. The molecule has 0 spiro atoms. The molecule has 2 heteroatoms. The summed E-state index contributed by atoms with van der Waals surface area (Å²) < 4.78 is 0. The molecule has 2 nitrogen and oxygen atoms in total. The molecule has 6 heavy (non-hydrogen) atoms. The first-order valence-corrected chi connectivity index (χ1v) is 2.08. The van der Waals surface area contributed by atoms with E-state index in [0.717, 1.165) is 0 Å². The molecule has 0 saturated carbocycles. The van der Waals surface area contributed by atoms with Gasteiger partial charge in [0.25, 0.3) is 0 Å². The average Bonchev–Trinajstić information content (AvgIpc) is 1.36. The van der Waals surface area contributed by atoms with E-state index in [1.807, 2.05) is 0 Å². The van der Waals surface area contributed by atoms with Crippen LogP contribution in [-0.2, 0) is 0 Å². The lowest BCUT2D eigenvalue weighted by molar-refractivity contribution is 0.170. The summed E-state index contributed by atoms with van der Waals surface area (Å²) in [6.45, 7) is 3.44. The summed E-state index contributed by atoms with van der Waals surface area (Å²) in [7, 11) is 0. The molecule has 0 saturated heterocycles. The highest BCUT2D eigenvalue weighted by atomic mass is 16.3. The largest absolute Gasteiger partial charge is 0.392 e. The fourth-order valence-electron chi connectivity index (χ4n) is 0. The Morgan fingerprint density at radius 3 is 1.83 bits per heavy atom. The van der Waals surface area contributed by atoms with Gasteiger partial charge in [0.2, 0.25) is 0 Å². The van der Waals surface area contributed by atoms with E-state index in [9.17, 15) is 0 Å². The van der Waals surface area contributed by atoms with Crippen LogP contribution in [-0.4, -0.2) is 17.3 Å². The summed E-state index contributed by atoms with van der Waals surface area (Å²) in [5.74, 6) is 0. The molecular weight excluding hydrogens is 78.0 g/mol. The van der Waals surface area contributed by atoms with Gasteiger partial charge in [0, 0.05) is 7.47 Å². The van der Waals surface area contributed by atoms with Crippen molar-refractivity contribution in [2.45, 2.75) is 26.0 Å². The molecule has 0 aromatic rings. The van der Waals surface area contributed by atoms with E-state index in [4.69, 9.17) is 10.8 Å². The molecule has 39 valence electrons. The number of aliphatic hydroxyl groups excluding tert-OH is 1. The molecular formula is C4H12NO. The summed E-state index contributed by atoms with van der Waals surface area (Å²) in [5.41, 5.74) is 5.19. The van der Waals surface area contributed by atoms with Crippen molar-refractivity contribution in [2.75, 3.05) is 0 Å². The van der Waals surface area contributed by atoms with Gasteiger partial charge in [-0.1, -0.05) is 0 Å². The Morgan fingerprint density at radius 2 is 1.83 bits per heavy atom. The van der Waals surface area contributed by atoms with E-state index in [1.165, 1.54) is 0 Å². The van der Waals surface area contributed by atoms with Crippen LogP contribution in [0.5, 0.6) is 0 Å². The minimum atomic E-state index is -0.370. The molecule has 0 fully saturated rings. The number of rotatable bonds is 1. The predicted molar refractivity (Wildman–Crippen MR) is 26.4 cm³/mol. The zero-order valence-electron chi connectivity index (χ0n) is 5.18. The Hall–Kier alpha value is -0.0800. The minimum absolute atomic E-state index is 0. The highest BCUT2D eigenvalue weighted by molar-refractivity contribution is 4.57. The molecule has 0 heterocycles. The van der Waals surface area contributed by atoms with Gasteiger partial charge in [-0.3, -0.25) is 0 Å². The number of hydrogen-bond acceptors (Lipinski definition) is 2. The third-order valence-electron chi connectivity index (χ3n) is 0.761. The second-order valence-corrected chi connectivity index (χ2v) is 1.60. The number of nitrogens with two attached hydrogens (primary N) is 1. The zero-order chi connectivity index (χ0) is 5.15. The molecule has 0 aromatic carbocycles. The van der Waals surface area contributed by atoms with E-state index in [0.29, 0.717) is 0 Å². The van der Waals surface area contributed by atoms with E-state index in [1.54, 1.807) is 13.8 Å². The van der Waals surface area contributed by atoms with Crippen LogP contribution < -0.4 is 5.73 Å². The fourth-order valence-corrected chi connectivity index (χ4v) is 0. The first kappa shape index (κ1) is 5.92. The second kappa shape index (κ2) is 2.16. The third kappa shape index (κ3) is 2.18. The summed E-state index contributed by atoms with van der Waals surface area (Å²) in [4.78, 5) is 0. The van der Waals surface area contributed by atoms with Gasteiger partial charge in [-0.15, -0.1) is 0 Å². The molecule has 1 radical (unpaired) electrons. The standard InChI is InChI=1S/C4H11NO.H/c1-3(5)4(2)6;/h3-4,6H,5H2,1-2H3;/t3?,4-;/m0./s1. The lowest BCUT2D eigenvalue weighted by Gasteiger charge is -2.04. The van der Waals surface area contributed by atoms with Crippen molar-refractivity contribution >= 4 is 0 Å². The number of hydrogen-bond donors (Lipinski definition) is 2. The van der Waals surface area contributed by atoms with Crippen LogP contribution in [0.15, 0.2) is 0 Å². The maximum Gasteiger partial charge on any atom is 0.0660 e. The highest BCUT2D eigenvalue weighted by Gasteiger charge is 1.97. The van der Waals surface area contributed by atoms with Crippen molar-refractivity contribution in [3.63, 3.8) is 0 Å². The number of aliphatic hydroxyl groups is 1. The first-order valence-electron chi connectivity index (χ1n) is 2.08. The van der Waals surface area contributed by atoms with E-state index in [-0.39, 0.29) is 13.6 Å². The summed E-state index contributed by atoms with van der Waals surface area (Å²) in [5, 5.41) is 8.50. The van der Waals surface area contributed by atoms with Crippen LogP contribution >= 0.6 is 0 Å².